The minimum absolute atomic E-state index is 0.0972. The van der Waals surface area contributed by atoms with Crippen molar-refractivity contribution in [2.24, 2.45) is 11.8 Å². The molecule has 1 saturated heterocycles. The van der Waals surface area contributed by atoms with Gasteiger partial charge in [-0.05, 0) is 111 Å². The third-order valence-electron chi connectivity index (χ3n) is 9.33. The summed E-state index contributed by atoms with van der Waals surface area (Å²) >= 11 is 0. The molecule has 2 heterocycles. The van der Waals surface area contributed by atoms with E-state index in [1.54, 1.807) is 6.92 Å². The summed E-state index contributed by atoms with van der Waals surface area (Å²) in [6.07, 6.45) is -4.20. The van der Waals surface area contributed by atoms with Crippen molar-refractivity contribution < 1.29 is 41.0 Å². The Morgan fingerprint density at radius 3 is 2.34 bits per heavy atom. The fourth-order valence-electron chi connectivity index (χ4n) is 6.77. The lowest BCUT2D eigenvalue weighted by Crippen LogP contribution is -2.41. The Kier molecular flexibility index (Phi) is 7.85. The predicted molar refractivity (Wildman–Crippen MR) is 141 cm³/mol. The van der Waals surface area contributed by atoms with Gasteiger partial charge in [-0.25, -0.2) is 0 Å². The van der Waals surface area contributed by atoms with Crippen molar-refractivity contribution in [3.8, 4) is 5.75 Å². The number of hydrogen-bond donors (Lipinski definition) is 1. The first-order chi connectivity index (χ1) is 19.2. The van der Waals surface area contributed by atoms with Crippen LogP contribution in [-0.4, -0.2) is 34.7 Å². The number of aryl methyl sites for hydroxylation is 1. The molecule has 2 aromatic rings. The Labute approximate surface area is 235 Å². The van der Waals surface area contributed by atoms with E-state index in [2.05, 4.69) is 0 Å². The second-order valence-corrected chi connectivity index (χ2v) is 12.0. The molecule has 0 radical (unpaired) electrons. The molecule has 0 amide bonds. The molecule has 1 N–H and O–H groups in total. The van der Waals surface area contributed by atoms with E-state index in [0.717, 1.165) is 42.6 Å². The number of carboxylic acids is 1. The Hall–Kier alpha value is -2.75. The van der Waals surface area contributed by atoms with Crippen molar-refractivity contribution in [3.05, 3.63) is 64.2 Å². The summed E-state index contributed by atoms with van der Waals surface area (Å²) in [4.78, 5) is 13.6. The third kappa shape index (κ3) is 6.22. The number of ether oxygens (including phenoxy) is 1. The maximum absolute atomic E-state index is 13.8. The van der Waals surface area contributed by atoms with Crippen molar-refractivity contribution in [1.82, 2.24) is 4.90 Å². The van der Waals surface area contributed by atoms with E-state index >= 15 is 0 Å². The van der Waals surface area contributed by atoms with E-state index in [9.17, 15) is 36.2 Å². The Morgan fingerprint density at radius 1 is 0.976 bits per heavy atom. The number of nitrogens with zero attached hydrogens (tertiary/aromatic N) is 1. The van der Waals surface area contributed by atoms with Gasteiger partial charge in [0.15, 0.2) is 0 Å². The topological polar surface area (TPSA) is 49.8 Å². The molecule has 2 aliphatic heterocycles. The summed E-state index contributed by atoms with van der Waals surface area (Å²) in [7, 11) is 0. The highest BCUT2D eigenvalue weighted by Crippen LogP contribution is 2.49. The van der Waals surface area contributed by atoms with Crippen molar-refractivity contribution in [3.63, 3.8) is 0 Å². The van der Waals surface area contributed by atoms with Gasteiger partial charge in [-0.2, -0.15) is 26.3 Å². The molecule has 5 rings (SSSR count). The second kappa shape index (κ2) is 10.8. The van der Waals surface area contributed by atoms with Gasteiger partial charge in [-0.1, -0.05) is 19.1 Å². The van der Waals surface area contributed by atoms with Gasteiger partial charge in [-0.3, -0.25) is 9.69 Å². The van der Waals surface area contributed by atoms with Crippen molar-refractivity contribution in [2.45, 2.75) is 88.7 Å². The average molecular weight is 584 g/mol. The lowest BCUT2D eigenvalue weighted by atomic mass is 9.81. The normalized spacial score (nSPS) is 24.2. The molecule has 4 nitrogen and oxygen atoms in total. The largest absolute Gasteiger partial charge is 0.487 e. The minimum Gasteiger partial charge on any atom is -0.487 e. The van der Waals surface area contributed by atoms with Gasteiger partial charge in [0.2, 0.25) is 0 Å². The molecule has 41 heavy (non-hydrogen) atoms. The summed E-state index contributed by atoms with van der Waals surface area (Å²) in [6, 6.07) is 6.78. The lowest BCUT2D eigenvalue weighted by Gasteiger charge is -2.39. The van der Waals surface area contributed by atoms with Crippen LogP contribution in [0.15, 0.2) is 36.4 Å². The number of likely N-dealkylation sites (tertiary alicyclic amines) is 1. The van der Waals surface area contributed by atoms with E-state index in [0.29, 0.717) is 56.5 Å². The monoisotopic (exact) mass is 583 g/mol. The number of halogens is 6. The molecule has 0 bridgehead atoms. The highest BCUT2D eigenvalue weighted by Gasteiger charge is 2.43. The van der Waals surface area contributed by atoms with Gasteiger partial charge in [0, 0.05) is 12.6 Å². The minimum atomic E-state index is -4.77. The maximum atomic E-state index is 13.8. The zero-order valence-electron chi connectivity index (χ0n) is 23.1. The van der Waals surface area contributed by atoms with Crippen LogP contribution >= 0.6 is 0 Å². The smallest absolute Gasteiger partial charge is 0.416 e. The summed E-state index contributed by atoms with van der Waals surface area (Å²) in [5.74, 6) is -0.384. The first-order valence-electron chi connectivity index (χ1n) is 14.3. The van der Waals surface area contributed by atoms with Crippen LogP contribution in [0.25, 0.3) is 0 Å². The number of fused-ring (bicyclic) bond motifs is 1. The van der Waals surface area contributed by atoms with Gasteiger partial charge in [0.05, 0.1) is 17.0 Å². The lowest BCUT2D eigenvalue weighted by molar-refractivity contribution is -0.142. The molecular weight excluding hydrogens is 548 g/mol. The molecule has 2 unspecified atom stereocenters. The molecular formula is C31H35F6NO3. The molecule has 0 aromatic heterocycles. The first-order valence-corrected chi connectivity index (χ1v) is 14.3. The zero-order valence-corrected chi connectivity index (χ0v) is 23.1. The molecule has 10 heteroatoms. The number of hydrogen-bond acceptors (Lipinski definition) is 3. The first kappa shape index (κ1) is 29.7. The fraction of sp³-hybridized carbons (Fsp3) is 0.581. The number of alkyl halides is 6. The van der Waals surface area contributed by atoms with Crippen LogP contribution in [0.3, 0.4) is 0 Å². The molecule has 1 spiro atoms. The van der Waals surface area contributed by atoms with Crippen molar-refractivity contribution >= 4 is 5.97 Å². The van der Waals surface area contributed by atoms with Crippen LogP contribution in [0.2, 0.25) is 0 Å². The molecule has 1 aliphatic carbocycles. The average Bonchev–Trinajstić information content (AvgIpc) is 3.75. The van der Waals surface area contributed by atoms with Crippen LogP contribution in [0.5, 0.6) is 5.75 Å². The van der Waals surface area contributed by atoms with Gasteiger partial charge in [-0.15, -0.1) is 0 Å². The maximum Gasteiger partial charge on any atom is 0.416 e. The molecule has 2 aromatic carbocycles. The van der Waals surface area contributed by atoms with Crippen molar-refractivity contribution in [2.75, 3.05) is 13.1 Å². The van der Waals surface area contributed by atoms with E-state index in [1.807, 2.05) is 23.1 Å². The van der Waals surface area contributed by atoms with Crippen LogP contribution in [0, 0.1) is 11.8 Å². The Balaban J connectivity index is 1.36. The quantitative estimate of drug-likeness (QED) is 0.348. The Bertz CT molecular complexity index is 1290. The molecule has 224 valence electrons. The van der Waals surface area contributed by atoms with E-state index in [1.165, 1.54) is 6.92 Å². The predicted octanol–water partition coefficient (Wildman–Crippen LogP) is 8.25. The molecule has 4 atom stereocenters. The summed E-state index contributed by atoms with van der Waals surface area (Å²) < 4.78 is 88.2. The number of benzene rings is 2. The van der Waals surface area contributed by atoms with E-state index in [-0.39, 0.29) is 11.5 Å². The third-order valence-corrected chi connectivity index (χ3v) is 9.33. The Morgan fingerprint density at radius 2 is 1.71 bits per heavy atom. The van der Waals surface area contributed by atoms with Crippen LogP contribution in [0.4, 0.5) is 26.3 Å². The highest BCUT2D eigenvalue weighted by molar-refractivity contribution is 5.71. The molecule has 1 saturated carbocycles. The summed E-state index contributed by atoms with van der Waals surface area (Å²) in [5.41, 5.74) is -1.05. The number of rotatable bonds is 6. The van der Waals surface area contributed by atoms with Gasteiger partial charge in [0.25, 0.3) is 0 Å². The summed E-state index contributed by atoms with van der Waals surface area (Å²) in [6.45, 7) is 4.09. The standard InChI is InChI=1S/C31H35F6NO3/c1-18(28(39)40)27(21-5-6-21)22-7-4-20-10-12-29(41-26(20)16-22)11-3-14-38(15-13-29)19(2)24-17-23(30(32,33)34)8-9-25(24)31(35,36)37/h4,7-9,16-19,21,27H,3,5-6,10-15H2,1-2H3,(H,39,40)/t18-,19+,27?,29?/m0/s1. The van der Waals surface area contributed by atoms with Crippen LogP contribution in [0.1, 0.15) is 92.1 Å². The zero-order chi connectivity index (χ0) is 29.7. The van der Waals surface area contributed by atoms with Gasteiger partial charge < -0.3 is 9.84 Å². The van der Waals surface area contributed by atoms with Gasteiger partial charge in [0.1, 0.15) is 11.4 Å². The fourth-order valence-corrected chi connectivity index (χ4v) is 6.77. The van der Waals surface area contributed by atoms with E-state index in [4.69, 9.17) is 4.74 Å². The number of carboxylic acid groups (broad SMARTS) is 1. The number of carbonyl (C=O) groups is 1. The SMILES string of the molecule is C[C@H](C(=O)O)C(c1ccc2c(c1)OC1(CCCN([C@H](C)c3cc(C(F)(F)F)ccc3C(F)(F)F)CC1)CC2)C1CC1. The number of aliphatic carboxylic acids is 1. The van der Waals surface area contributed by atoms with E-state index < -0.39 is 47.0 Å². The van der Waals surface area contributed by atoms with Crippen molar-refractivity contribution in [1.29, 1.82) is 0 Å². The second-order valence-electron chi connectivity index (χ2n) is 12.0. The van der Waals surface area contributed by atoms with Crippen LogP contribution < -0.4 is 4.74 Å². The van der Waals surface area contributed by atoms with Gasteiger partial charge >= 0.3 is 18.3 Å². The highest BCUT2D eigenvalue weighted by atomic mass is 19.4. The molecule has 2 fully saturated rings. The molecule has 3 aliphatic rings. The summed E-state index contributed by atoms with van der Waals surface area (Å²) in [5, 5.41) is 9.67. The van der Waals surface area contributed by atoms with Crippen LogP contribution in [-0.2, 0) is 23.6 Å².